The predicted octanol–water partition coefficient (Wildman–Crippen LogP) is 3.18. The summed E-state index contributed by atoms with van der Waals surface area (Å²) in [6.45, 7) is 4.41. The average molecular weight is 356 g/mol. The summed E-state index contributed by atoms with van der Waals surface area (Å²) in [5.41, 5.74) is 0.849. The molecule has 2 N–H and O–H groups in total. The number of carboxylic acid groups (broad SMARTS) is 1. The van der Waals surface area contributed by atoms with Crippen LogP contribution in [-0.4, -0.2) is 47.4 Å². The lowest BCUT2D eigenvalue weighted by molar-refractivity contribution is -0.139. The summed E-state index contributed by atoms with van der Waals surface area (Å²) in [5, 5.41) is 19.3. The minimum absolute atomic E-state index is 0.0341. The monoisotopic (exact) mass is 355 g/mol. The molecule has 1 fully saturated rings. The van der Waals surface area contributed by atoms with Crippen LogP contribution < -0.4 is 4.74 Å². The zero-order valence-corrected chi connectivity index (χ0v) is 14.9. The number of aliphatic hydroxyl groups excluding tert-OH is 1. The van der Waals surface area contributed by atoms with Gasteiger partial charge in [0.2, 0.25) is 0 Å². The van der Waals surface area contributed by atoms with E-state index in [0.717, 1.165) is 44.3 Å². The largest absolute Gasteiger partial charge is 0.482 e. The minimum Gasteiger partial charge on any atom is -0.482 e. The van der Waals surface area contributed by atoms with Crippen LogP contribution in [0.1, 0.15) is 38.2 Å². The van der Waals surface area contributed by atoms with E-state index in [9.17, 15) is 9.90 Å². The van der Waals surface area contributed by atoms with Crippen LogP contribution in [-0.2, 0) is 11.3 Å². The van der Waals surface area contributed by atoms with Crippen LogP contribution in [0.4, 0.5) is 0 Å². The summed E-state index contributed by atoms with van der Waals surface area (Å²) in [6.07, 6.45) is 4.16. The first kappa shape index (κ1) is 19.0. The van der Waals surface area contributed by atoms with Gasteiger partial charge < -0.3 is 14.9 Å². The lowest BCUT2D eigenvalue weighted by atomic mass is 9.77. The maximum atomic E-state index is 10.7. The molecule has 1 aliphatic heterocycles. The topological polar surface area (TPSA) is 70.0 Å². The number of nitrogens with zero attached hydrogens (tertiary/aromatic N) is 1. The number of ether oxygens (including phenoxy) is 1. The molecule has 0 saturated carbocycles. The van der Waals surface area contributed by atoms with Crippen LogP contribution in [0.2, 0.25) is 5.02 Å². The fourth-order valence-corrected chi connectivity index (χ4v) is 3.78. The van der Waals surface area contributed by atoms with Gasteiger partial charge >= 0.3 is 5.97 Å². The highest BCUT2D eigenvalue weighted by atomic mass is 35.5. The molecule has 0 aromatic heterocycles. The Morgan fingerprint density at radius 1 is 1.46 bits per heavy atom. The van der Waals surface area contributed by atoms with Gasteiger partial charge in [0.05, 0.1) is 0 Å². The Morgan fingerprint density at radius 3 is 2.92 bits per heavy atom. The van der Waals surface area contributed by atoms with E-state index in [-0.39, 0.29) is 18.6 Å². The Bertz CT molecular complexity index is 562. The van der Waals surface area contributed by atoms with Gasteiger partial charge in [-0.15, -0.1) is 0 Å². The van der Waals surface area contributed by atoms with Crippen molar-refractivity contribution in [2.45, 2.75) is 39.2 Å². The highest BCUT2D eigenvalue weighted by molar-refractivity contribution is 6.30. The molecular formula is C18H26ClNO4. The third-order valence-corrected chi connectivity index (χ3v) is 4.86. The Hall–Kier alpha value is -1.30. The van der Waals surface area contributed by atoms with E-state index in [0.29, 0.717) is 17.3 Å². The van der Waals surface area contributed by atoms with Crippen molar-refractivity contribution in [2.24, 2.45) is 5.41 Å². The van der Waals surface area contributed by atoms with Gasteiger partial charge in [0.25, 0.3) is 0 Å². The van der Waals surface area contributed by atoms with Crippen molar-refractivity contribution in [2.75, 3.05) is 26.3 Å². The Labute approximate surface area is 148 Å². The van der Waals surface area contributed by atoms with Crippen molar-refractivity contribution in [3.05, 3.63) is 28.8 Å². The van der Waals surface area contributed by atoms with Gasteiger partial charge in [-0.3, -0.25) is 4.90 Å². The van der Waals surface area contributed by atoms with E-state index in [2.05, 4.69) is 11.8 Å². The van der Waals surface area contributed by atoms with Crippen molar-refractivity contribution >= 4 is 17.6 Å². The number of carbonyl (C=O) groups is 1. The smallest absolute Gasteiger partial charge is 0.341 e. The SMILES string of the molecule is CCCC1(CO)CCCN(Cc2cc(Cl)ccc2OCC(=O)O)C1. The molecule has 134 valence electrons. The summed E-state index contributed by atoms with van der Waals surface area (Å²) in [7, 11) is 0. The van der Waals surface area contributed by atoms with Crippen LogP contribution in [0.3, 0.4) is 0 Å². The third-order valence-electron chi connectivity index (χ3n) is 4.62. The second-order valence-corrected chi connectivity index (χ2v) is 7.09. The van der Waals surface area contributed by atoms with E-state index in [4.69, 9.17) is 21.4 Å². The van der Waals surface area contributed by atoms with E-state index in [1.54, 1.807) is 12.1 Å². The van der Waals surface area contributed by atoms with Crippen molar-refractivity contribution in [3.8, 4) is 5.75 Å². The standard InChI is InChI=1S/C18H26ClNO4/c1-2-6-18(13-21)7-3-8-20(12-18)10-14-9-15(19)4-5-16(14)24-11-17(22)23/h4-5,9,21H,2-3,6-8,10-13H2,1H3,(H,22,23). The number of aliphatic hydroxyl groups is 1. The molecule has 1 aromatic carbocycles. The van der Waals surface area contributed by atoms with Gasteiger partial charge in [-0.1, -0.05) is 24.9 Å². The Morgan fingerprint density at radius 2 is 2.25 bits per heavy atom. The van der Waals surface area contributed by atoms with Crippen molar-refractivity contribution in [3.63, 3.8) is 0 Å². The van der Waals surface area contributed by atoms with Crippen LogP contribution in [0, 0.1) is 5.41 Å². The third kappa shape index (κ3) is 5.10. The maximum absolute atomic E-state index is 10.7. The molecule has 1 atom stereocenters. The molecule has 0 bridgehead atoms. The molecule has 5 nitrogen and oxygen atoms in total. The van der Waals surface area contributed by atoms with Crippen molar-refractivity contribution < 1.29 is 19.7 Å². The van der Waals surface area contributed by atoms with Gasteiger partial charge in [0.1, 0.15) is 5.75 Å². The van der Waals surface area contributed by atoms with Crippen LogP contribution in [0.5, 0.6) is 5.75 Å². The molecule has 1 unspecified atom stereocenters. The molecule has 1 aromatic rings. The van der Waals surface area contributed by atoms with E-state index < -0.39 is 5.97 Å². The molecule has 24 heavy (non-hydrogen) atoms. The van der Waals surface area contributed by atoms with Crippen molar-refractivity contribution in [1.82, 2.24) is 4.90 Å². The molecule has 0 aliphatic carbocycles. The molecule has 0 radical (unpaired) electrons. The second kappa shape index (κ2) is 8.70. The molecule has 1 heterocycles. The molecule has 1 aliphatic rings. The van der Waals surface area contributed by atoms with Gasteiger partial charge in [-0.2, -0.15) is 0 Å². The lowest BCUT2D eigenvalue weighted by Gasteiger charge is -2.42. The number of likely N-dealkylation sites (tertiary alicyclic amines) is 1. The molecule has 0 spiro atoms. The summed E-state index contributed by atoms with van der Waals surface area (Å²) >= 11 is 6.10. The normalized spacial score (nSPS) is 21.6. The van der Waals surface area contributed by atoms with E-state index >= 15 is 0 Å². The van der Waals surface area contributed by atoms with E-state index in [1.165, 1.54) is 0 Å². The fourth-order valence-electron chi connectivity index (χ4n) is 3.58. The number of halogens is 1. The zero-order chi connectivity index (χ0) is 17.6. The number of hydrogen-bond donors (Lipinski definition) is 2. The number of hydrogen-bond acceptors (Lipinski definition) is 4. The first-order chi connectivity index (χ1) is 11.5. The summed E-state index contributed by atoms with van der Waals surface area (Å²) in [4.78, 5) is 13.0. The van der Waals surface area contributed by atoms with Crippen molar-refractivity contribution in [1.29, 1.82) is 0 Å². The Kier molecular flexibility index (Phi) is 6.90. The van der Waals surface area contributed by atoms with Crippen LogP contribution in [0.15, 0.2) is 18.2 Å². The molecule has 1 saturated heterocycles. The molecular weight excluding hydrogens is 330 g/mol. The van der Waals surface area contributed by atoms with Gasteiger partial charge in [0, 0.05) is 35.7 Å². The first-order valence-electron chi connectivity index (χ1n) is 8.44. The van der Waals surface area contributed by atoms with Crippen LogP contribution >= 0.6 is 11.6 Å². The zero-order valence-electron chi connectivity index (χ0n) is 14.1. The number of carboxylic acids is 1. The summed E-state index contributed by atoms with van der Waals surface area (Å²) in [5.74, 6) is -0.450. The fraction of sp³-hybridized carbons (Fsp3) is 0.611. The quantitative estimate of drug-likeness (QED) is 0.749. The van der Waals surface area contributed by atoms with Gasteiger partial charge in [-0.05, 0) is 44.0 Å². The van der Waals surface area contributed by atoms with Crippen LogP contribution in [0.25, 0.3) is 0 Å². The highest BCUT2D eigenvalue weighted by Crippen LogP contribution is 2.35. The lowest BCUT2D eigenvalue weighted by Crippen LogP contribution is -2.45. The molecule has 6 heteroatoms. The summed E-state index contributed by atoms with van der Waals surface area (Å²) < 4.78 is 5.39. The highest BCUT2D eigenvalue weighted by Gasteiger charge is 2.34. The Balaban J connectivity index is 2.11. The number of benzene rings is 1. The van der Waals surface area contributed by atoms with E-state index in [1.807, 2.05) is 6.07 Å². The molecule has 2 rings (SSSR count). The van der Waals surface area contributed by atoms with Gasteiger partial charge in [0.15, 0.2) is 6.61 Å². The van der Waals surface area contributed by atoms with Gasteiger partial charge in [-0.25, -0.2) is 4.79 Å². The number of rotatable bonds is 8. The first-order valence-corrected chi connectivity index (χ1v) is 8.82. The minimum atomic E-state index is -1.00. The number of aliphatic carboxylic acids is 1. The summed E-state index contributed by atoms with van der Waals surface area (Å²) in [6, 6.07) is 5.25. The molecule has 0 amide bonds. The second-order valence-electron chi connectivity index (χ2n) is 6.66. The number of piperidine rings is 1. The average Bonchev–Trinajstić information content (AvgIpc) is 2.54. The maximum Gasteiger partial charge on any atom is 0.341 e. The predicted molar refractivity (Wildman–Crippen MR) is 93.5 cm³/mol.